The van der Waals surface area contributed by atoms with Gasteiger partial charge in [-0.15, -0.1) is 5.10 Å². The van der Waals surface area contributed by atoms with Gasteiger partial charge < -0.3 is 9.88 Å². The van der Waals surface area contributed by atoms with Gasteiger partial charge in [-0.3, -0.25) is 9.59 Å². The third-order valence-electron chi connectivity index (χ3n) is 6.43. The molecular weight excluding hydrogens is 435 g/mol. The zero-order valence-corrected chi connectivity index (χ0v) is 19.1. The fraction of sp³-hybridized carbons (Fsp3) is 0.320. The highest BCUT2D eigenvalue weighted by Crippen LogP contribution is 2.27. The molecule has 0 radical (unpaired) electrons. The number of aromatic amines is 1. The summed E-state index contributed by atoms with van der Waals surface area (Å²) in [6.45, 7) is 5.44. The minimum atomic E-state index is -0.334. The lowest BCUT2D eigenvalue weighted by molar-refractivity contribution is 0.0710. The predicted octanol–water partition coefficient (Wildman–Crippen LogP) is 3.34. The third-order valence-corrected chi connectivity index (χ3v) is 6.43. The highest BCUT2D eigenvalue weighted by Gasteiger charge is 2.27. The van der Waals surface area contributed by atoms with Gasteiger partial charge in [0, 0.05) is 24.6 Å². The van der Waals surface area contributed by atoms with Gasteiger partial charge in [0.15, 0.2) is 11.2 Å². The number of hydrogen-bond donors (Lipinski definition) is 1. The number of H-pyrrole nitrogens is 1. The maximum absolute atomic E-state index is 13.2. The summed E-state index contributed by atoms with van der Waals surface area (Å²) >= 11 is 0. The Morgan fingerprint density at radius 3 is 2.59 bits per heavy atom. The van der Waals surface area contributed by atoms with Gasteiger partial charge in [-0.05, 0) is 56.0 Å². The van der Waals surface area contributed by atoms with Crippen molar-refractivity contribution < 1.29 is 9.18 Å². The van der Waals surface area contributed by atoms with Crippen LogP contribution in [0.4, 0.5) is 4.39 Å². The van der Waals surface area contributed by atoms with Gasteiger partial charge in [0.2, 0.25) is 0 Å². The molecule has 5 rings (SSSR count). The van der Waals surface area contributed by atoms with Crippen molar-refractivity contribution in [1.82, 2.24) is 29.9 Å². The fourth-order valence-electron chi connectivity index (χ4n) is 4.44. The molecule has 1 saturated heterocycles. The molecule has 1 amide bonds. The first kappa shape index (κ1) is 21.9. The molecule has 0 bridgehead atoms. The lowest BCUT2D eigenvalue weighted by Gasteiger charge is -2.32. The summed E-state index contributed by atoms with van der Waals surface area (Å²) in [6.07, 6.45) is 1.40. The molecule has 34 heavy (non-hydrogen) atoms. The van der Waals surface area contributed by atoms with E-state index in [0.29, 0.717) is 43.9 Å². The molecule has 0 atom stereocenters. The van der Waals surface area contributed by atoms with Crippen molar-refractivity contribution in [3.8, 4) is 0 Å². The molecule has 2 aromatic heterocycles. The number of rotatable bonds is 4. The van der Waals surface area contributed by atoms with Crippen LogP contribution in [0.1, 0.15) is 51.6 Å². The number of piperidine rings is 1. The van der Waals surface area contributed by atoms with E-state index < -0.39 is 0 Å². The second-order valence-corrected chi connectivity index (χ2v) is 8.88. The minimum absolute atomic E-state index is 0.0222. The van der Waals surface area contributed by atoms with Gasteiger partial charge in [-0.2, -0.15) is 0 Å². The Balaban J connectivity index is 1.35. The SMILES string of the molecule is Cc1ccc(C)c(C(=O)N2CCC(c3nc4c(nnn4Cc4ccc(F)cc4)c(=O)[nH]3)CC2)c1. The lowest BCUT2D eigenvalue weighted by Crippen LogP contribution is -2.38. The highest BCUT2D eigenvalue weighted by atomic mass is 19.1. The lowest BCUT2D eigenvalue weighted by atomic mass is 9.94. The van der Waals surface area contributed by atoms with Crippen molar-refractivity contribution in [3.05, 3.63) is 86.7 Å². The molecule has 9 heteroatoms. The first-order valence-electron chi connectivity index (χ1n) is 11.3. The number of benzene rings is 2. The Morgan fingerprint density at radius 1 is 1.12 bits per heavy atom. The minimum Gasteiger partial charge on any atom is -0.339 e. The topological polar surface area (TPSA) is 96.8 Å². The summed E-state index contributed by atoms with van der Waals surface area (Å²) in [5.41, 5.74) is 3.84. The standard InChI is InChI=1S/C25H25FN6O2/c1-15-3-4-16(2)20(13-15)25(34)31-11-9-18(10-12-31)22-27-23-21(24(33)28-22)29-30-32(23)14-17-5-7-19(26)8-6-17/h3-8,13,18H,9-12,14H2,1-2H3,(H,27,28,33). The summed E-state index contributed by atoms with van der Waals surface area (Å²) in [5, 5.41) is 8.06. The molecule has 1 N–H and O–H groups in total. The van der Waals surface area contributed by atoms with Gasteiger partial charge in [0.25, 0.3) is 11.5 Å². The number of carbonyl (C=O) groups excluding carboxylic acids is 1. The molecular formula is C25H25FN6O2. The van der Waals surface area contributed by atoms with Crippen molar-refractivity contribution in [1.29, 1.82) is 0 Å². The predicted molar refractivity (Wildman–Crippen MR) is 125 cm³/mol. The molecule has 0 spiro atoms. The third kappa shape index (κ3) is 4.21. The summed E-state index contributed by atoms with van der Waals surface area (Å²) in [7, 11) is 0. The first-order valence-corrected chi connectivity index (χ1v) is 11.3. The number of aryl methyl sites for hydroxylation is 2. The molecule has 8 nitrogen and oxygen atoms in total. The Labute approximate surface area is 195 Å². The number of carbonyl (C=O) groups is 1. The average molecular weight is 461 g/mol. The number of hydrogen-bond acceptors (Lipinski definition) is 5. The van der Waals surface area contributed by atoms with Crippen LogP contribution in [0.3, 0.4) is 0 Å². The van der Waals surface area contributed by atoms with E-state index in [1.807, 2.05) is 36.9 Å². The van der Waals surface area contributed by atoms with E-state index in [4.69, 9.17) is 4.98 Å². The van der Waals surface area contributed by atoms with Crippen LogP contribution in [0.2, 0.25) is 0 Å². The van der Waals surface area contributed by atoms with Gasteiger partial charge in [-0.25, -0.2) is 14.1 Å². The molecule has 1 fully saturated rings. The zero-order valence-electron chi connectivity index (χ0n) is 19.1. The van der Waals surface area contributed by atoms with E-state index in [-0.39, 0.29) is 28.7 Å². The van der Waals surface area contributed by atoms with Gasteiger partial charge >= 0.3 is 0 Å². The second kappa shape index (κ2) is 8.81. The average Bonchev–Trinajstić information content (AvgIpc) is 3.25. The van der Waals surface area contributed by atoms with Crippen LogP contribution in [0.15, 0.2) is 47.3 Å². The Hall–Kier alpha value is -3.88. The number of nitrogens with zero attached hydrogens (tertiary/aromatic N) is 5. The van der Waals surface area contributed by atoms with Crippen LogP contribution in [0.25, 0.3) is 11.2 Å². The van der Waals surface area contributed by atoms with E-state index in [2.05, 4.69) is 15.3 Å². The van der Waals surface area contributed by atoms with Crippen LogP contribution in [0, 0.1) is 19.7 Å². The molecule has 0 aliphatic carbocycles. The van der Waals surface area contributed by atoms with Crippen molar-refractivity contribution in [2.45, 2.75) is 39.2 Å². The Bertz CT molecular complexity index is 1420. The summed E-state index contributed by atoms with van der Waals surface area (Å²) < 4.78 is 14.8. The first-order chi connectivity index (χ1) is 16.4. The van der Waals surface area contributed by atoms with Crippen molar-refractivity contribution in [3.63, 3.8) is 0 Å². The highest BCUT2D eigenvalue weighted by molar-refractivity contribution is 5.95. The molecule has 3 heterocycles. The summed E-state index contributed by atoms with van der Waals surface area (Å²) in [6, 6.07) is 12.0. The molecule has 1 aliphatic heterocycles. The van der Waals surface area contributed by atoms with E-state index in [0.717, 1.165) is 22.3 Å². The van der Waals surface area contributed by atoms with E-state index >= 15 is 0 Å². The Morgan fingerprint density at radius 2 is 1.85 bits per heavy atom. The van der Waals surface area contributed by atoms with Gasteiger partial charge in [0.05, 0.1) is 6.54 Å². The molecule has 0 unspecified atom stereocenters. The van der Waals surface area contributed by atoms with E-state index in [1.165, 1.54) is 12.1 Å². The Kier molecular flexibility index (Phi) is 5.69. The quantitative estimate of drug-likeness (QED) is 0.504. The van der Waals surface area contributed by atoms with Crippen molar-refractivity contribution in [2.24, 2.45) is 0 Å². The van der Waals surface area contributed by atoms with Crippen molar-refractivity contribution in [2.75, 3.05) is 13.1 Å². The fourth-order valence-corrected chi connectivity index (χ4v) is 4.44. The van der Waals surface area contributed by atoms with Gasteiger partial charge in [-0.1, -0.05) is 35.0 Å². The zero-order chi connectivity index (χ0) is 23.8. The molecule has 174 valence electrons. The number of aromatic nitrogens is 5. The molecule has 1 aliphatic rings. The normalized spacial score (nSPS) is 14.6. The summed E-state index contributed by atoms with van der Waals surface area (Å²) in [5.74, 6) is 0.331. The number of nitrogens with one attached hydrogen (secondary N) is 1. The number of fused-ring (bicyclic) bond motifs is 1. The van der Waals surface area contributed by atoms with Crippen LogP contribution < -0.4 is 5.56 Å². The summed E-state index contributed by atoms with van der Waals surface area (Å²) in [4.78, 5) is 35.1. The van der Waals surface area contributed by atoms with Crippen LogP contribution in [-0.2, 0) is 6.54 Å². The largest absolute Gasteiger partial charge is 0.339 e. The second-order valence-electron chi connectivity index (χ2n) is 8.88. The molecule has 2 aromatic carbocycles. The van der Waals surface area contributed by atoms with Crippen LogP contribution in [-0.4, -0.2) is 48.9 Å². The number of likely N-dealkylation sites (tertiary alicyclic amines) is 1. The number of amides is 1. The molecule has 0 saturated carbocycles. The van der Waals surface area contributed by atoms with Gasteiger partial charge in [0.1, 0.15) is 11.6 Å². The van der Waals surface area contributed by atoms with E-state index in [1.54, 1.807) is 16.8 Å². The maximum Gasteiger partial charge on any atom is 0.281 e. The number of halogens is 1. The van der Waals surface area contributed by atoms with Crippen LogP contribution >= 0.6 is 0 Å². The monoisotopic (exact) mass is 460 g/mol. The smallest absolute Gasteiger partial charge is 0.281 e. The molecule has 4 aromatic rings. The van der Waals surface area contributed by atoms with E-state index in [9.17, 15) is 14.0 Å². The van der Waals surface area contributed by atoms with Crippen LogP contribution in [0.5, 0.6) is 0 Å². The maximum atomic E-state index is 13.2. The van der Waals surface area contributed by atoms with Crippen molar-refractivity contribution >= 4 is 17.1 Å².